The monoisotopic (exact) mass is 292 g/mol. The van der Waals surface area contributed by atoms with Gasteiger partial charge >= 0.3 is 5.97 Å². The van der Waals surface area contributed by atoms with Crippen molar-refractivity contribution in [1.29, 1.82) is 5.26 Å². The fourth-order valence-corrected chi connectivity index (χ4v) is 1.97. The molecule has 20 heavy (non-hydrogen) atoms. The van der Waals surface area contributed by atoms with E-state index in [0.29, 0.717) is 22.2 Å². The van der Waals surface area contributed by atoms with E-state index in [9.17, 15) is 9.59 Å². The summed E-state index contributed by atoms with van der Waals surface area (Å²) in [6.45, 7) is 1.59. The summed E-state index contributed by atoms with van der Waals surface area (Å²) in [5.41, 5.74) is 0.603. The van der Waals surface area contributed by atoms with Crippen LogP contribution in [0.15, 0.2) is 18.2 Å². The van der Waals surface area contributed by atoms with Crippen LogP contribution in [0.25, 0.3) is 0 Å². The van der Waals surface area contributed by atoms with Gasteiger partial charge in [-0.1, -0.05) is 18.5 Å². The first kappa shape index (κ1) is 14.4. The summed E-state index contributed by atoms with van der Waals surface area (Å²) in [4.78, 5) is 23.2. The average molecular weight is 293 g/mol. The molecule has 0 heterocycles. The molecule has 1 aliphatic carbocycles. The van der Waals surface area contributed by atoms with Crippen LogP contribution in [0.4, 0.5) is 5.69 Å². The lowest BCUT2D eigenvalue weighted by molar-refractivity contribution is -0.148. The Labute approximate surface area is 121 Å². The number of ether oxygens (including phenoxy) is 1. The summed E-state index contributed by atoms with van der Waals surface area (Å²) < 4.78 is 4.91. The smallest absolute Gasteiger partial charge is 0.309 e. The SMILES string of the molecule is C[C@H]1C[C@H]1C(=O)OCC(=O)Nc1cc(Cl)ccc1C#N. The van der Waals surface area contributed by atoms with Gasteiger partial charge in [-0.2, -0.15) is 5.26 Å². The van der Waals surface area contributed by atoms with E-state index in [-0.39, 0.29) is 18.5 Å². The zero-order valence-electron chi connectivity index (χ0n) is 10.9. The van der Waals surface area contributed by atoms with Gasteiger partial charge in [-0.05, 0) is 30.5 Å². The molecule has 0 aromatic heterocycles. The Hall–Kier alpha value is -2.06. The first-order valence-corrected chi connectivity index (χ1v) is 6.55. The van der Waals surface area contributed by atoms with Gasteiger partial charge in [0.05, 0.1) is 17.2 Å². The predicted molar refractivity (Wildman–Crippen MR) is 73.0 cm³/mol. The third-order valence-corrected chi connectivity index (χ3v) is 3.37. The maximum absolute atomic E-state index is 11.7. The number of rotatable bonds is 4. The second-order valence-electron chi connectivity index (χ2n) is 4.78. The molecule has 1 amide bonds. The summed E-state index contributed by atoms with van der Waals surface area (Å²) in [5, 5.41) is 11.8. The van der Waals surface area contributed by atoms with Crippen molar-refractivity contribution in [3.63, 3.8) is 0 Å². The number of nitrogens with one attached hydrogen (secondary N) is 1. The van der Waals surface area contributed by atoms with Crippen molar-refractivity contribution in [1.82, 2.24) is 0 Å². The van der Waals surface area contributed by atoms with Crippen molar-refractivity contribution in [3.8, 4) is 6.07 Å². The molecule has 0 saturated heterocycles. The molecule has 1 saturated carbocycles. The number of nitrogens with zero attached hydrogens (tertiary/aromatic N) is 1. The van der Waals surface area contributed by atoms with Crippen LogP contribution in [0.2, 0.25) is 5.02 Å². The third kappa shape index (κ3) is 3.49. The standard InChI is InChI=1S/C14H13ClN2O3/c1-8-4-11(8)14(19)20-7-13(18)17-12-5-10(15)3-2-9(12)6-16/h2-3,5,8,11H,4,7H2,1H3,(H,17,18)/t8-,11+/m0/s1. The van der Waals surface area contributed by atoms with Crippen LogP contribution in [0.1, 0.15) is 18.9 Å². The number of esters is 1. The topological polar surface area (TPSA) is 79.2 Å². The molecule has 2 rings (SSSR count). The lowest BCUT2D eigenvalue weighted by Crippen LogP contribution is -2.22. The Kier molecular flexibility index (Phi) is 4.26. The van der Waals surface area contributed by atoms with Crippen LogP contribution in [0, 0.1) is 23.2 Å². The van der Waals surface area contributed by atoms with E-state index in [1.165, 1.54) is 12.1 Å². The van der Waals surface area contributed by atoms with Gasteiger partial charge in [-0.25, -0.2) is 0 Å². The number of halogens is 1. The Morgan fingerprint density at radius 2 is 2.25 bits per heavy atom. The van der Waals surface area contributed by atoms with E-state index in [1.807, 2.05) is 13.0 Å². The quantitative estimate of drug-likeness (QED) is 0.864. The van der Waals surface area contributed by atoms with Crippen LogP contribution >= 0.6 is 11.6 Å². The fourth-order valence-electron chi connectivity index (χ4n) is 1.80. The Bertz CT molecular complexity index is 595. The Balaban J connectivity index is 1.90. The number of carbonyl (C=O) groups excluding carboxylic acids is 2. The number of hydrogen-bond acceptors (Lipinski definition) is 4. The number of hydrogen-bond donors (Lipinski definition) is 1. The van der Waals surface area contributed by atoms with Crippen molar-refractivity contribution in [2.24, 2.45) is 11.8 Å². The molecule has 1 aromatic rings. The second kappa shape index (κ2) is 5.93. The number of carbonyl (C=O) groups is 2. The van der Waals surface area contributed by atoms with Gasteiger partial charge < -0.3 is 10.1 Å². The van der Waals surface area contributed by atoms with Crippen molar-refractivity contribution >= 4 is 29.2 Å². The highest BCUT2D eigenvalue weighted by Gasteiger charge is 2.40. The normalized spacial score (nSPS) is 19.9. The molecule has 0 spiro atoms. The highest BCUT2D eigenvalue weighted by atomic mass is 35.5. The van der Waals surface area contributed by atoms with E-state index in [4.69, 9.17) is 21.6 Å². The molecular formula is C14H13ClN2O3. The molecule has 0 aliphatic heterocycles. The minimum Gasteiger partial charge on any atom is -0.455 e. The summed E-state index contributed by atoms with van der Waals surface area (Å²) in [7, 11) is 0. The lowest BCUT2D eigenvalue weighted by Gasteiger charge is -2.08. The molecule has 0 radical (unpaired) electrons. The van der Waals surface area contributed by atoms with Crippen LogP contribution in [0.3, 0.4) is 0 Å². The molecule has 1 aromatic carbocycles. The van der Waals surface area contributed by atoms with E-state index < -0.39 is 5.91 Å². The van der Waals surface area contributed by atoms with Gasteiger partial charge in [-0.15, -0.1) is 0 Å². The van der Waals surface area contributed by atoms with Gasteiger partial charge in [0.2, 0.25) is 0 Å². The lowest BCUT2D eigenvalue weighted by atomic mass is 10.2. The van der Waals surface area contributed by atoms with E-state index >= 15 is 0 Å². The number of nitriles is 1. The van der Waals surface area contributed by atoms with Crippen LogP contribution in [-0.4, -0.2) is 18.5 Å². The molecule has 0 unspecified atom stereocenters. The summed E-state index contributed by atoms with van der Waals surface area (Å²) in [6, 6.07) is 6.49. The maximum atomic E-state index is 11.7. The molecule has 6 heteroatoms. The van der Waals surface area contributed by atoms with Crippen LogP contribution in [0.5, 0.6) is 0 Å². The molecule has 1 fully saturated rings. The molecule has 1 aliphatic rings. The van der Waals surface area contributed by atoms with Gasteiger partial charge in [-0.3, -0.25) is 9.59 Å². The molecule has 0 bridgehead atoms. The van der Waals surface area contributed by atoms with Crippen LogP contribution < -0.4 is 5.32 Å². The first-order chi connectivity index (χ1) is 9.51. The number of amides is 1. The van der Waals surface area contributed by atoms with Gasteiger partial charge in [0.25, 0.3) is 5.91 Å². The molecule has 2 atom stereocenters. The summed E-state index contributed by atoms with van der Waals surface area (Å²) in [5.74, 6) is -0.586. The minimum absolute atomic E-state index is 0.0800. The summed E-state index contributed by atoms with van der Waals surface area (Å²) in [6.07, 6.45) is 0.813. The number of anilines is 1. The van der Waals surface area contributed by atoms with Gasteiger partial charge in [0.15, 0.2) is 6.61 Å². The first-order valence-electron chi connectivity index (χ1n) is 6.17. The Morgan fingerprint density at radius 3 is 2.85 bits per heavy atom. The largest absolute Gasteiger partial charge is 0.455 e. The van der Waals surface area contributed by atoms with E-state index in [2.05, 4.69) is 5.32 Å². The fraction of sp³-hybridized carbons (Fsp3) is 0.357. The zero-order chi connectivity index (χ0) is 14.7. The zero-order valence-corrected chi connectivity index (χ0v) is 11.6. The van der Waals surface area contributed by atoms with Gasteiger partial charge in [0.1, 0.15) is 6.07 Å². The average Bonchev–Trinajstić information content (AvgIpc) is 3.13. The van der Waals surface area contributed by atoms with Crippen molar-refractivity contribution in [3.05, 3.63) is 28.8 Å². The third-order valence-electron chi connectivity index (χ3n) is 3.13. The minimum atomic E-state index is -0.495. The summed E-state index contributed by atoms with van der Waals surface area (Å²) >= 11 is 5.80. The van der Waals surface area contributed by atoms with Gasteiger partial charge in [0, 0.05) is 5.02 Å². The van der Waals surface area contributed by atoms with E-state index in [1.54, 1.807) is 6.07 Å². The number of benzene rings is 1. The van der Waals surface area contributed by atoms with Crippen molar-refractivity contribution in [2.45, 2.75) is 13.3 Å². The predicted octanol–water partition coefficient (Wildman–Crippen LogP) is 2.35. The maximum Gasteiger partial charge on any atom is 0.309 e. The molecular weight excluding hydrogens is 280 g/mol. The van der Waals surface area contributed by atoms with Crippen molar-refractivity contribution in [2.75, 3.05) is 11.9 Å². The second-order valence-corrected chi connectivity index (χ2v) is 5.21. The Morgan fingerprint density at radius 1 is 1.55 bits per heavy atom. The molecule has 5 nitrogen and oxygen atoms in total. The van der Waals surface area contributed by atoms with Crippen LogP contribution in [-0.2, 0) is 14.3 Å². The molecule has 1 N–H and O–H groups in total. The highest BCUT2D eigenvalue weighted by Crippen LogP contribution is 2.38. The highest BCUT2D eigenvalue weighted by molar-refractivity contribution is 6.31. The molecule has 104 valence electrons. The van der Waals surface area contributed by atoms with E-state index in [0.717, 1.165) is 6.42 Å². The van der Waals surface area contributed by atoms with Crippen molar-refractivity contribution < 1.29 is 14.3 Å².